The summed E-state index contributed by atoms with van der Waals surface area (Å²) >= 11 is 6.16. The largest absolute Gasteiger partial charge is 0.477 e. The van der Waals surface area contributed by atoms with Crippen LogP contribution in [-0.2, 0) is 16.1 Å². The molecule has 1 unspecified atom stereocenters. The summed E-state index contributed by atoms with van der Waals surface area (Å²) in [7, 11) is 0. The van der Waals surface area contributed by atoms with Gasteiger partial charge in [0, 0.05) is 13.0 Å². The van der Waals surface area contributed by atoms with E-state index >= 15 is 0 Å². The molecule has 1 atom stereocenters. The van der Waals surface area contributed by atoms with E-state index in [0.29, 0.717) is 23.8 Å². The van der Waals surface area contributed by atoms with Crippen LogP contribution in [0.15, 0.2) is 18.2 Å². The van der Waals surface area contributed by atoms with Gasteiger partial charge in [0.15, 0.2) is 6.10 Å². The van der Waals surface area contributed by atoms with Crippen molar-refractivity contribution in [1.29, 1.82) is 0 Å². The summed E-state index contributed by atoms with van der Waals surface area (Å²) in [6.07, 6.45) is 1.15. The first kappa shape index (κ1) is 14.2. The molecule has 1 fully saturated rings. The number of rotatable bonds is 6. The SMILES string of the molecule is CCCNCc1ccc(OC2CCOC2=O)c(Cl)c1. The lowest BCUT2D eigenvalue weighted by Crippen LogP contribution is -2.21. The number of carbonyl (C=O) groups excluding carboxylic acids is 1. The molecule has 0 spiro atoms. The van der Waals surface area contributed by atoms with Crippen molar-refractivity contribution >= 4 is 17.6 Å². The van der Waals surface area contributed by atoms with Crippen LogP contribution in [0.1, 0.15) is 25.3 Å². The van der Waals surface area contributed by atoms with E-state index in [-0.39, 0.29) is 5.97 Å². The van der Waals surface area contributed by atoms with Crippen molar-refractivity contribution in [2.45, 2.75) is 32.4 Å². The topological polar surface area (TPSA) is 47.6 Å². The molecule has 104 valence electrons. The zero-order valence-electron chi connectivity index (χ0n) is 10.9. The molecule has 0 radical (unpaired) electrons. The Morgan fingerprint density at radius 2 is 2.37 bits per heavy atom. The van der Waals surface area contributed by atoms with Crippen LogP contribution < -0.4 is 10.1 Å². The number of hydrogen-bond donors (Lipinski definition) is 1. The van der Waals surface area contributed by atoms with Crippen molar-refractivity contribution in [1.82, 2.24) is 5.32 Å². The number of halogens is 1. The maximum Gasteiger partial charge on any atom is 0.347 e. The molecule has 1 aliphatic heterocycles. The molecule has 0 saturated carbocycles. The van der Waals surface area contributed by atoms with Crippen LogP contribution >= 0.6 is 11.6 Å². The number of cyclic esters (lactones) is 1. The smallest absolute Gasteiger partial charge is 0.347 e. The average molecular weight is 284 g/mol. The van der Waals surface area contributed by atoms with Gasteiger partial charge in [-0.05, 0) is 30.7 Å². The molecule has 1 N–H and O–H groups in total. The second-order valence-electron chi connectivity index (χ2n) is 4.50. The van der Waals surface area contributed by atoms with E-state index in [0.717, 1.165) is 25.1 Å². The maximum atomic E-state index is 11.3. The minimum Gasteiger partial charge on any atom is -0.477 e. The van der Waals surface area contributed by atoms with Gasteiger partial charge in [0.25, 0.3) is 0 Å². The molecule has 19 heavy (non-hydrogen) atoms. The minimum absolute atomic E-state index is 0.315. The van der Waals surface area contributed by atoms with Crippen molar-refractivity contribution in [3.63, 3.8) is 0 Å². The van der Waals surface area contributed by atoms with Crippen LogP contribution in [0.5, 0.6) is 5.75 Å². The van der Waals surface area contributed by atoms with Crippen molar-refractivity contribution in [2.24, 2.45) is 0 Å². The second-order valence-corrected chi connectivity index (χ2v) is 4.91. The Balaban J connectivity index is 1.96. The van der Waals surface area contributed by atoms with Crippen LogP contribution in [0.4, 0.5) is 0 Å². The lowest BCUT2D eigenvalue weighted by atomic mass is 10.2. The Kier molecular flexibility index (Phi) is 5.05. The summed E-state index contributed by atoms with van der Waals surface area (Å²) in [4.78, 5) is 11.3. The number of esters is 1. The molecular formula is C14H18ClNO3. The van der Waals surface area contributed by atoms with Gasteiger partial charge in [0.05, 0.1) is 11.6 Å². The molecule has 0 aliphatic carbocycles. The third-order valence-electron chi connectivity index (χ3n) is 2.91. The molecule has 5 heteroatoms. The fraction of sp³-hybridized carbons (Fsp3) is 0.500. The Bertz CT molecular complexity index is 450. The molecule has 1 aliphatic rings. The Hall–Kier alpha value is -1.26. The molecule has 0 bridgehead atoms. The molecule has 0 amide bonds. The Labute approximate surface area is 118 Å². The monoisotopic (exact) mass is 283 g/mol. The molecule has 1 aromatic rings. The molecule has 4 nitrogen and oxygen atoms in total. The van der Waals surface area contributed by atoms with E-state index in [4.69, 9.17) is 21.1 Å². The summed E-state index contributed by atoms with van der Waals surface area (Å²) in [5.74, 6) is 0.217. The average Bonchev–Trinajstić information content (AvgIpc) is 2.79. The minimum atomic E-state index is -0.526. The molecule has 1 heterocycles. The van der Waals surface area contributed by atoms with Crippen LogP contribution in [0.2, 0.25) is 5.02 Å². The summed E-state index contributed by atoms with van der Waals surface area (Å²) in [5, 5.41) is 3.83. The first-order valence-electron chi connectivity index (χ1n) is 6.53. The van der Waals surface area contributed by atoms with Gasteiger partial charge in [-0.1, -0.05) is 24.6 Å². The van der Waals surface area contributed by atoms with Crippen molar-refractivity contribution < 1.29 is 14.3 Å². The predicted molar refractivity (Wildman–Crippen MR) is 73.4 cm³/mol. The number of benzene rings is 1. The fourth-order valence-electron chi connectivity index (χ4n) is 1.90. The quantitative estimate of drug-likeness (QED) is 0.644. The van der Waals surface area contributed by atoms with Gasteiger partial charge < -0.3 is 14.8 Å². The van der Waals surface area contributed by atoms with Gasteiger partial charge in [0.1, 0.15) is 5.75 Å². The predicted octanol–water partition coefficient (Wildman–Crippen LogP) is 2.53. The van der Waals surface area contributed by atoms with Crippen LogP contribution in [-0.4, -0.2) is 25.2 Å². The van der Waals surface area contributed by atoms with E-state index in [2.05, 4.69) is 12.2 Å². The van der Waals surface area contributed by atoms with Crippen LogP contribution in [0, 0.1) is 0 Å². The van der Waals surface area contributed by atoms with Gasteiger partial charge in [-0.15, -0.1) is 0 Å². The Morgan fingerprint density at radius 1 is 1.53 bits per heavy atom. The summed E-state index contributed by atoms with van der Waals surface area (Å²) in [5.41, 5.74) is 1.10. The molecule has 1 aromatic carbocycles. The first-order chi connectivity index (χ1) is 9.20. The summed E-state index contributed by atoms with van der Waals surface area (Å²) < 4.78 is 10.4. The van der Waals surface area contributed by atoms with Gasteiger partial charge in [-0.25, -0.2) is 4.79 Å². The van der Waals surface area contributed by atoms with E-state index < -0.39 is 6.10 Å². The van der Waals surface area contributed by atoms with E-state index in [9.17, 15) is 4.79 Å². The zero-order chi connectivity index (χ0) is 13.7. The van der Waals surface area contributed by atoms with Gasteiger partial charge >= 0.3 is 5.97 Å². The van der Waals surface area contributed by atoms with Crippen LogP contribution in [0.25, 0.3) is 0 Å². The molecule has 1 saturated heterocycles. The third kappa shape index (κ3) is 3.85. The van der Waals surface area contributed by atoms with Crippen molar-refractivity contribution in [3.05, 3.63) is 28.8 Å². The third-order valence-corrected chi connectivity index (χ3v) is 3.20. The molecular weight excluding hydrogens is 266 g/mol. The second kappa shape index (κ2) is 6.78. The number of nitrogens with one attached hydrogen (secondary N) is 1. The van der Waals surface area contributed by atoms with E-state index in [1.54, 1.807) is 6.07 Å². The van der Waals surface area contributed by atoms with Gasteiger partial charge in [-0.3, -0.25) is 0 Å². The normalized spacial score (nSPS) is 18.4. The lowest BCUT2D eigenvalue weighted by Gasteiger charge is -2.12. The maximum absolute atomic E-state index is 11.3. The van der Waals surface area contributed by atoms with Crippen LogP contribution in [0.3, 0.4) is 0 Å². The molecule has 2 rings (SSSR count). The van der Waals surface area contributed by atoms with Crippen molar-refractivity contribution in [2.75, 3.05) is 13.2 Å². The zero-order valence-corrected chi connectivity index (χ0v) is 11.7. The fourth-order valence-corrected chi connectivity index (χ4v) is 2.14. The van der Waals surface area contributed by atoms with E-state index in [1.807, 2.05) is 12.1 Å². The summed E-state index contributed by atoms with van der Waals surface area (Å²) in [6.45, 7) is 4.29. The highest BCUT2D eigenvalue weighted by atomic mass is 35.5. The van der Waals surface area contributed by atoms with Gasteiger partial charge in [-0.2, -0.15) is 0 Å². The lowest BCUT2D eigenvalue weighted by molar-refractivity contribution is -0.143. The summed E-state index contributed by atoms with van der Waals surface area (Å²) in [6, 6.07) is 5.61. The first-order valence-corrected chi connectivity index (χ1v) is 6.91. The standard InChI is InChI=1S/C14H18ClNO3/c1-2-6-16-9-10-3-4-12(11(15)8-10)19-13-5-7-18-14(13)17/h3-4,8,13,16H,2,5-7,9H2,1H3. The number of carbonyl (C=O) groups is 1. The number of ether oxygens (including phenoxy) is 2. The highest BCUT2D eigenvalue weighted by molar-refractivity contribution is 6.32. The molecule has 0 aromatic heterocycles. The van der Waals surface area contributed by atoms with Gasteiger partial charge in [0.2, 0.25) is 0 Å². The highest BCUT2D eigenvalue weighted by Crippen LogP contribution is 2.28. The highest BCUT2D eigenvalue weighted by Gasteiger charge is 2.28. The number of hydrogen-bond acceptors (Lipinski definition) is 4. The van der Waals surface area contributed by atoms with E-state index in [1.165, 1.54) is 0 Å². The Morgan fingerprint density at radius 3 is 3.00 bits per heavy atom. The van der Waals surface area contributed by atoms with Crippen molar-refractivity contribution in [3.8, 4) is 5.75 Å².